The van der Waals surface area contributed by atoms with E-state index in [4.69, 9.17) is 4.74 Å². The minimum Gasteiger partial charge on any atom is -0.486 e. The van der Waals surface area contributed by atoms with Crippen molar-refractivity contribution in [3.8, 4) is 17.0 Å². The molecular formula is C29H35F3N6O3S. The van der Waals surface area contributed by atoms with E-state index in [2.05, 4.69) is 24.9 Å². The minimum absolute atomic E-state index is 0.0122. The molecule has 9 nitrogen and oxygen atoms in total. The van der Waals surface area contributed by atoms with E-state index in [-0.39, 0.29) is 46.5 Å². The SMILES string of the molecule is CNS(=O)(=O)CCN1CCC(c2ccc(Nc3ncc(F)c(-c4cc(F)c5c(c4)N(C(C)C)CCO5)n3)cc2F)CC1. The molecule has 0 aliphatic carbocycles. The van der Waals surface area contributed by atoms with E-state index in [0.717, 1.165) is 6.20 Å². The van der Waals surface area contributed by atoms with E-state index >= 15 is 4.39 Å². The molecule has 2 aliphatic heterocycles. The fourth-order valence-corrected chi connectivity index (χ4v) is 6.19. The zero-order valence-corrected chi connectivity index (χ0v) is 24.6. The molecule has 42 heavy (non-hydrogen) atoms. The smallest absolute Gasteiger partial charge is 0.227 e. The average Bonchev–Trinajstić information content (AvgIpc) is 2.97. The van der Waals surface area contributed by atoms with Gasteiger partial charge < -0.3 is 19.9 Å². The van der Waals surface area contributed by atoms with Crippen LogP contribution in [0, 0.1) is 17.5 Å². The largest absolute Gasteiger partial charge is 0.486 e. The lowest BCUT2D eigenvalue weighted by Gasteiger charge is -2.34. The molecule has 2 aromatic carbocycles. The summed E-state index contributed by atoms with van der Waals surface area (Å²) in [6.45, 7) is 6.70. The van der Waals surface area contributed by atoms with Crippen LogP contribution in [-0.2, 0) is 10.0 Å². The van der Waals surface area contributed by atoms with Gasteiger partial charge in [0.2, 0.25) is 16.0 Å². The van der Waals surface area contributed by atoms with Gasteiger partial charge in [0.05, 0.1) is 24.2 Å². The second-order valence-corrected chi connectivity index (χ2v) is 12.9. The number of aromatic nitrogens is 2. The van der Waals surface area contributed by atoms with Crippen LogP contribution in [0.2, 0.25) is 0 Å². The molecule has 2 aliphatic rings. The van der Waals surface area contributed by atoms with E-state index < -0.39 is 21.7 Å². The summed E-state index contributed by atoms with van der Waals surface area (Å²) in [5, 5.41) is 2.93. The molecular weight excluding hydrogens is 569 g/mol. The summed E-state index contributed by atoms with van der Waals surface area (Å²) >= 11 is 0. The molecule has 1 fully saturated rings. The Morgan fingerprint density at radius 3 is 2.50 bits per heavy atom. The number of anilines is 3. The lowest BCUT2D eigenvalue weighted by atomic mass is 9.89. The van der Waals surface area contributed by atoms with Gasteiger partial charge in [-0.2, -0.15) is 0 Å². The van der Waals surface area contributed by atoms with Crippen molar-refractivity contribution in [3.63, 3.8) is 0 Å². The van der Waals surface area contributed by atoms with Gasteiger partial charge in [-0.3, -0.25) is 0 Å². The zero-order valence-electron chi connectivity index (χ0n) is 23.8. The first-order valence-electron chi connectivity index (χ1n) is 14.0. The number of fused-ring (bicyclic) bond motifs is 1. The van der Waals surface area contributed by atoms with E-state index in [0.29, 0.717) is 62.6 Å². The van der Waals surface area contributed by atoms with Gasteiger partial charge in [0.15, 0.2) is 17.4 Å². The summed E-state index contributed by atoms with van der Waals surface area (Å²) in [5.41, 5.74) is 1.66. The summed E-state index contributed by atoms with van der Waals surface area (Å²) in [4.78, 5) is 12.4. The quantitative estimate of drug-likeness (QED) is 0.365. The van der Waals surface area contributed by atoms with E-state index in [9.17, 15) is 17.2 Å². The lowest BCUT2D eigenvalue weighted by Crippen LogP contribution is -2.38. The third-order valence-corrected chi connectivity index (χ3v) is 9.17. The van der Waals surface area contributed by atoms with Crippen LogP contribution in [0.1, 0.15) is 38.2 Å². The molecule has 3 heterocycles. The Kier molecular flexibility index (Phi) is 8.90. The van der Waals surface area contributed by atoms with Gasteiger partial charge in [0.1, 0.15) is 18.1 Å². The molecule has 0 amide bonds. The number of hydrogen-bond acceptors (Lipinski definition) is 8. The number of nitrogens with zero attached hydrogens (tertiary/aromatic N) is 4. The van der Waals surface area contributed by atoms with Crippen LogP contribution in [0.25, 0.3) is 11.3 Å². The maximum atomic E-state index is 15.2. The Hall–Kier alpha value is -3.42. The van der Waals surface area contributed by atoms with Gasteiger partial charge in [-0.1, -0.05) is 6.07 Å². The van der Waals surface area contributed by atoms with E-state index in [1.807, 2.05) is 18.7 Å². The highest BCUT2D eigenvalue weighted by molar-refractivity contribution is 7.89. The van der Waals surface area contributed by atoms with Gasteiger partial charge in [0.25, 0.3) is 0 Å². The highest BCUT2D eigenvalue weighted by atomic mass is 32.2. The minimum atomic E-state index is -3.27. The number of rotatable bonds is 9. The van der Waals surface area contributed by atoms with Crippen molar-refractivity contribution in [2.75, 3.05) is 55.8 Å². The molecule has 0 bridgehead atoms. The topological polar surface area (TPSA) is 99.7 Å². The number of benzene rings is 2. The maximum Gasteiger partial charge on any atom is 0.227 e. The summed E-state index contributed by atoms with van der Waals surface area (Å²) in [5.74, 6) is -1.49. The predicted octanol–water partition coefficient (Wildman–Crippen LogP) is 4.64. The van der Waals surface area contributed by atoms with Crippen LogP contribution in [0.15, 0.2) is 36.5 Å². The summed E-state index contributed by atoms with van der Waals surface area (Å²) in [6, 6.07) is 7.72. The molecule has 5 rings (SSSR count). The lowest BCUT2D eigenvalue weighted by molar-refractivity contribution is 0.221. The highest BCUT2D eigenvalue weighted by Gasteiger charge is 2.26. The number of likely N-dealkylation sites (tertiary alicyclic amines) is 1. The molecule has 0 radical (unpaired) electrons. The van der Waals surface area contributed by atoms with Crippen LogP contribution >= 0.6 is 0 Å². The number of ether oxygens (including phenoxy) is 1. The Morgan fingerprint density at radius 1 is 1.05 bits per heavy atom. The molecule has 1 aromatic heterocycles. The van der Waals surface area contributed by atoms with Gasteiger partial charge in [-0.05, 0) is 82.6 Å². The molecule has 0 saturated carbocycles. The third kappa shape index (κ3) is 6.63. The Balaban J connectivity index is 1.29. The molecule has 13 heteroatoms. The Morgan fingerprint density at radius 2 is 1.81 bits per heavy atom. The molecule has 2 N–H and O–H groups in total. The van der Waals surface area contributed by atoms with Crippen LogP contribution < -0.4 is 19.7 Å². The first kappa shape index (κ1) is 30.1. The molecule has 0 atom stereocenters. The van der Waals surface area contributed by atoms with Crippen molar-refractivity contribution in [2.24, 2.45) is 0 Å². The standard InChI is InChI=1S/C29H35F3N6O3S/c1-18(2)38-10-12-41-28-24(31)14-20(15-26(28)38)27-25(32)17-34-29(36-27)35-21-4-5-22(23(30)16-21)19-6-8-37(9-7-19)11-13-42(39,40)33-3/h4-5,14-19,33H,6-13H2,1-3H3,(H,34,35,36). The van der Waals surface area contributed by atoms with Crippen molar-refractivity contribution in [1.82, 2.24) is 19.6 Å². The number of nitrogens with one attached hydrogen (secondary N) is 2. The number of sulfonamides is 1. The molecule has 3 aromatic rings. The summed E-state index contributed by atoms with van der Waals surface area (Å²) < 4.78 is 76.3. The summed E-state index contributed by atoms with van der Waals surface area (Å²) in [6.07, 6.45) is 2.42. The Labute approximate surface area is 244 Å². The number of halogens is 3. The van der Waals surface area contributed by atoms with Crippen LogP contribution in [-0.4, -0.2) is 74.9 Å². The van der Waals surface area contributed by atoms with Crippen LogP contribution in [0.5, 0.6) is 5.75 Å². The highest BCUT2D eigenvalue weighted by Crippen LogP contribution is 2.39. The second-order valence-electron chi connectivity index (χ2n) is 10.8. The van der Waals surface area contributed by atoms with Gasteiger partial charge >= 0.3 is 0 Å². The molecule has 0 spiro atoms. The normalized spacial score (nSPS) is 16.4. The fraction of sp³-hybridized carbons (Fsp3) is 0.448. The third-order valence-electron chi connectivity index (χ3n) is 7.82. The zero-order chi connectivity index (χ0) is 30.0. The van der Waals surface area contributed by atoms with Crippen molar-refractivity contribution in [2.45, 2.75) is 38.6 Å². The summed E-state index contributed by atoms with van der Waals surface area (Å²) in [7, 11) is -1.87. The van der Waals surface area contributed by atoms with Crippen molar-refractivity contribution in [1.29, 1.82) is 0 Å². The van der Waals surface area contributed by atoms with E-state index in [1.165, 1.54) is 19.2 Å². The maximum absolute atomic E-state index is 15.2. The van der Waals surface area contributed by atoms with Crippen LogP contribution in [0.3, 0.4) is 0 Å². The molecule has 226 valence electrons. The van der Waals surface area contributed by atoms with Crippen molar-refractivity contribution >= 4 is 27.3 Å². The van der Waals surface area contributed by atoms with E-state index in [1.54, 1.807) is 18.2 Å². The number of hydrogen-bond donors (Lipinski definition) is 2. The van der Waals surface area contributed by atoms with Gasteiger partial charge in [-0.25, -0.2) is 36.3 Å². The van der Waals surface area contributed by atoms with Crippen LogP contribution in [0.4, 0.5) is 30.5 Å². The fourth-order valence-electron chi connectivity index (χ4n) is 5.49. The van der Waals surface area contributed by atoms with Gasteiger partial charge in [0, 0.05) is 23.8 Å². The van der Waals surface area contributed by atoms with Crippen molar-refractivity contribution in [3.05, 3.63) is 59.5 Å². The van der Waals surface area contributed by atoms with Crippen molar-refractivity contribution < 1.29 is 26.3 Å². The second kappa shape index (κ2) is 12.4. The monoisotopic (exact) mass is 604 g/mol. The van der Waals surface area contributed by atoms with Gasteiger partial charge in [-0.15, -0.1) is 0 Å². The first-order valence-corrected chi connectivity index (χ1v) is 15.7. The average molecular weight is 605 g/mol. The number of piperidine rings is 1. The first-order chi connectivity index (χ1) is 20.0. The molecule has 0 unspecified atom stereocenters. The molecule has 1 saturated heterocycles. The predicted molar refractivity (Wildman–Crippen MR) is 156 cm³/mol. The Bertz CT molecular complexity index is 1550.